The van der Waals surface area contributed by atoms with Gasteiger partial charge in [-0.2, -0.15) is 0 Å². The molecular weight excluding hydrogens is 450 g/mol. The molecule has 0 aliphatic heterocycles. The van der Waals surface area contributed by atoms with Crippen molar-refractivity contribution in [3.8, 4) is 5.75 Å². The number of para-hydroxylation sites is 2. The molecule has 178 valence electrons. The Balaban J connectivity index is 1.47. The molecule has 4 aromatic rings. The summed E-state index contributed by atoms with van der Waals surface area (Å²) in [6.07, 6.45) is 2.91. The van der Waals surface area contributed by atoms with Crippen LogP contribution in [-0.2, 0) is 11.3 Å². The van der Waals surface area contributed by atoms with Crippen LogP contribution in [0.1, 0.15) is 26.7 Å². The van der Waals surface area contributed by atoms with Crippen molar-refractivity contribution in [3.63, 3.8) is 0 Å². The molecule has 0 radical (unpaired) electrons. The van der Waals surface area contributed by atoms with E-state index in [2.05, 4.69) is 10.6 Å². The first-order chi connectivity index (χ1) is 17.0. The topological polar surface area (TPSA) is 114 Å². The Labute approximate surface area is 201 Å². The maximum absolute atomic E-state index is 13.3. The van der Waals surface area contributed by atoms with Crippen molar-refractivity contribution >= 4 is 29.1 Å². The molecule has 0 aliphatic rings. The molecule has 0 saturated heterocycles. The van der Waals surface area contributed by atoms with Gasteiger partial charge in [0.05, 0.1) is 31.9 Å². The summed E-state index contributed by atoms with van der Waals surface area (Å²) < 4.78 is 15.7. The van der Waals surface area contributed by atoms with Gasteiger partial charge in [-0.05, 0) is 60.7 Å². The fourth-order valence-corrected chi connectivity index (χ4v) is 3.38. The average molecular weight is 473 g/mol. The Hall–Kier alpha value is -4.79. The minimum Gasteiger partial charge on any atom is -0.495 e. The maximum atomic E-state index is 13.3. The van der Waals surface area contributed by atoms with Gasteiger partial charge in [0.1, 0.15) is 18.1 Å². The fraction of sp³-hybridized carbons (Fsp3) is 0.115. The highest BCUT2D eigenvalue weighted by atomic mass is 16.5. The Morgan fingerprint density at radius 3 is 2.29 bits per heavy atom. The summed E-state index contributed by atoms with van der Waals surface area (Å²) in [6.45, 7) is -0.114. The Morgan fingerprint density at radius 1 is 0.857 bits per heavy atom. The van der Waals surface area contributed by atoms with Gasteiger partial charge in [0, 0.05) is 11.3 Å². The lowest BCUT2D eigenvalue weighted by Crippen LogP contribution is -2.37. The number of ether oxygens (including phenoxy) is 1. The Bertz CT molecular complexity index is 1280. The second kappa shape index (κ2) is 10.9. The fourth-order valence-electron chi connectivity index (χ4n) is 3.38. The first kappa shape index (κ1) is 23.4. The number of rotatable bonds is 9. The molecule has 2 heterocycles. The molecule has 0 spiro atoms. The van der Waals surface area contributed by atoms with Gasteiger partial charge in [-0.3, -0.25) is 14.4 Å². The summed E-state index contributed by atoms with van der Waals surface area (Å²) in [5.41, 5.74) is 1.34. The van der Waals surface area contributed by atoms with Crippen LogP contribution >= 0.6 is 0 Å². The van der Waals surface area contributed by atoms with Gasteiger partial charge in [0.2, 0.25) is 5.91 Å². The lowest BCUT2D eigenvalue weighted by Gasteiger charge is -2.22. The van der Waals surface area contributed by atoms with Crippen molar-refractivity contribution in [1.82, 2.24) is 4.90 Å². The van der Waals surface area contributed by atoms with Gasteiger partial charge in [-0.1, -0.05) is 12.1 Å². The Kier molecular flexibility index (Phi) is 7.27. The summed E-state index contributed by atoms with van der Waals surface area (Å²) in [7, 11) is 1.51. The summed E-state index contributed by atoms with van der Waals surface area (Å²) in [5, 5.41) is 5.47. The summed E-state index contributed by atoms with van der Waals surface area (Å²) in [6, 6.07) is 20.0. The molecule has 3 amide bonds. The predicted molar refractivity (Wildman–Crippen MR) is 128 cm³/mol. The van der Waals surface area contributed by atoms with Crippen molar-refractivity contribution < 1.29 is 28.0 Å². The van der Waals surface area contributed by atoms with Crippen molar-refractivity contribution in [1.29, 1.82) is 0 Å². The van der Waals surface area contributed by atoms with Crippen LogP contribution in [-0.4, -0.2) is 36.3 Å². The van der Waals surface area contributed by atoms with Gasteiger partial charge in [-0.15, -0.1) is 0 Å². The van der Waals surface area contributed by atoms with E-state index in [4.69, 9.17) is 13.6 Å². The van der Waals surface area contributed by atoms with Crippen LogP contribution in [0.4, 0.5) is 11.4 Å². The first-order valence-corrected chi connectivity index (χ1v) is 10.7. The van der Waals surface area contributed by atoms with E-state index < -0.39 is 11.8 Å². The highest BCUT2D eigenvalue weighted by Gasteiger charge is 2.21. The van der Waals surface area contributed by atoms with E-state index in [1.807, 2.05) is 0 Å². The quantitative estimate of drug-likeness (QED) is 0.372. The van der Waals surface area contributed by atoms with Gasteiger partial charge in [0.25, 0.3) is 11.8 Å². The summed E-state index contributed by atoms with van der Waals surface area (Å²) in [5.74, 6) is 0.0531. The first-order valence-electron chi connectivity index (χ1n) is 10.7. The molecule has 9 heteroatoms. The largest absolute Gasteiger partial charge is 0.495 e. The molecule has 0 fully saturated rings. The van der Waals surface area contributed by atoms with E-state index in [9.17, 15) is 14.4 Å². The number of methoxy groups -OCH3 is 1. The number of carbonyl (C=O) groups excluding carboxylic acids is 3. The average Bonchev–Trinajstić information content (AvgIpc) is 3.59. The molecule has 9 nitrogen and oxygen atoms in total. The van der Waals surface area contributed by atoms with Gasteiger partial charge in [-0.25, -0.2) is 0 Å². The molecule has 2 aromatic carbocycles. The number of hydrogen-bond donors (Lipinski definition) is 2. The number of hydrogen-bond acceptors (Lipinski definition) is 6. The molecule has 0 saturated carbocycles. The number of furan rings is 2. The van der Waals surface area contributed by atoms with E-state index in [1.54, 1.807) is 72.8 Å². The zero-order valence-corrected chi connectivity index (χ0v) is 18.9. The van der Waals surface area contributed by atoms with Crippen molar-refractivity contribution in [2.75, 3.05) is 24.3 Å². The standard InChI is InChI=1S/C26H23N3O6/c1-33-22-8-3-2-7-21(22)28-24(30)17-29(16-20-6-4-14-34-20)26(32)18-10-12-19(13-11-18)27-25(31)23-9-5-15-35-23/h2-15H,16-17H2,1H3,(H,27,31)(H,28,30). The number of benzene rings is 2. The molecule has 2 aromatic heterocycles. The van der Waals surface area contributed by atoms with Crippen LogP contribution in [0.5, 0.6) is 5.75 Å². The normalized spacial score (nSPS) is 10.4. The van der Waals surface area contributed by atoms with E-state index in [0.717, 1.165) is 0 Å². The van der Waals surface area contributed by atoms with E-state index in [1.165, 1.54) is 24.5 Å². The lowest BCUT2D eigenvalue weighted by molar-refractivity contribution is -0.117. The van der Waals surface area contributed by atoms with E-state index in [0.29, 0.717) is 28.4 Å². The second-order valence-electron chi connectivity index (χ2n) is 7.50. The number of amides is 3. The van der Waals surface area contributed by atoms with Crippen LogP contribution in [0.3, 0.4) is 0 Å². The zero-order valence-electron chi connectivity index (χ0n) is 18.9. The summed E-state index contributed by atoms with van der Waals surface area (Å²) >= 11 is 0. The highest BCUT2D eigenvalue weighted by molar-refractivity contribution is 6.03. The van der Waals surface area contributed by atoms with Crippen LogP contribution in [0, 0.1) is 0 Å². The predicted octanol–water partition coefficient (Wildman–Crippen LogP) is 4.41. The third kappa shape index (κ3) is 5.97. The number of nitrogens with zero attached hydrogens (tertiary/aromatic N) is 1. The third-order valence-electron chi connectivity index (χ3n) is 5.06. The van der Waals surface area contributed by atoms with E-state index in [-0.39, 0.29) is 24.8 Å². The van der Waals surface area contributed by atoms with Gasteiger partial charge in [0.15, 0.2) is 5.76 Å². The molecule has 2 N–H and O–H groups in total. The van der Waals surface area contributed by atoms with Crippen molar-refractivity contribution in [2.24, 2.45) is 0 Å². The van der Waals surface area contributed by atoms with Gasteiger partial charge < -0.3 is 29.1 Å². The minimum atomic E-state index is -0.401. The molecule has 4 rings (SSSR count). The molecule has 0 bridgehead atoms. The van der Waals surface area contributed by atoms with Gasteiger partial charge >= 0.3 is 0 Å². The maximum Gasteiger partial charge on any atom is 0.291 e. The monoisotopic (exact) mass is 473 g/mol. The van der Waals surface area contributed by atoms with Crippen molar-refractivity contribution in [3.05, 3.63) is 102 Å². The molecule has 0 atom stereocenters. The van der Waals surface area contributed by atoms with Crippen LogP contribution < -0.4 is 15.4 Å². The SMILES string of the molecule is COc1ccccc1NC(=O)CN(Cc1ccco1)C(=O)c1ccc(NC(=O)c2ccco2)cc1. The van der Waals surface area contributed by atoms with Crippen LogP contribution in [0.25, 0.3) is 0 Å². The number of nitrogens with one attached hydrogen (secondary N) is 2. The molecular formula is C26H23N3O6. The lowest BCUT2D eigenvalue weighted by atomic mass is 10.1. The third-order valence-corrected chi connectivity index (χ3v) is 5.06. The zero-order chi connectivity index (χ0) is 24.6. The molecule has 35 heavy (non-hydrogen) atoms. The summed E-state index contributed by atoms with van der Waals surface area (Å²) in [4.78, 5) is 39.6. The Morgan fingerprint density at radius 2 is 1.60 bits per heavy atom. The number of anilines is 2. The molecule has 0 unspecified atom stereocenters. The van der Waals surface area contributed by atoms with Crippen LogP contribution in [0.2, 0.25) is 0 Å². The van der Waals surface area contributed by atoms with Crippen LogP contribution in [0.15, 0.2) is 94.2 Å². The highest BCUT2D eigenvalue weighted by Crippen LogP contribution is 2.23. The smallest absolute Gasteiger partial charge is 0.291 e. The molecule has 0 aliphatic carbocycles. The number of carbonyl (C=O) groups is 3. The second-order valence-corrected chi connectivity index (χ2v) is 7.50. The minimum absolute atomic E-state index is 0.0994. The van der Waals surface area contributed by atoms with Crippen molar-refractivity contribution in [2.45, 2.75) is 6.54 Å². The van der Waals surface area contributed by atoms with E-state index >= 15 is 0 Å².